The summed E-state index contributed by atoms with van der Waals surface area (Å²) in [6.45, 7) is 1.14. The molecule has 0 fully saturated rings. The van der Waals surface area contributed by atoms with Crippen molar-refractivity contribution in [3.8, 4) is 21.9 Å². The highest BCUT2D eigenvalue weighted by atomic mass is 32.1. The Morgan fingerprint density at radius 3 is 2.36 bits per heavy atom. The number of para-hydroxylation sites is 1. The zero-order chi connectivity index (χ0) is 19.2. The molecule has 0 saturated carbocycles. The van der Waals surface area contributed by atoms with Crippen LogP contribution in [0.4, 0.5) is 0 Å². The Bertz CT molecular complexity index is 1070. The molecule has 0 amide bonds. The third-order valence-electron chi connectivity index (χ3n) is 4.43. The van der Waals surface area contributed by atoms with E-state index in [2.05, 4.69) is 12.1 Å². The molecule has 0 unspecified atom stereocenters. The van der Waals surface area contributed by atoms with Crippen LogP contribution in [0.15, 0.2) is 78.9 Å². The highest BCUT2D eigenvalue weighted by molar-refractivity contribution is 7.22. The Hall–Kier alpha value is -3.11. The molecule has 0 aliphatic heterocycles. The number of benzene rings is 3. The SMILES string of the molecule is O=Cc1ccccc1-c1sc2ccccc2c1OCCCOc1ccccc1. The lowest BCUT2D eigenvalue weighted by Crippen LogP contribution is -2.05. The predicted octanol–water partition coefficient (Wildman–Crippen LogP) is 6.23. The van der Waals surface area contributed by atoms with Gasteiger partial charge in [0.15, 0.2) is 6.29 Å². The van der Waals surface area contributed by atoms with Gasteiger partial charge in [-0.1, -0.05) is 54.6 Å². The molecule has 3 nitrogen and oxygen atoms in total. The molecule has 0 bridgehead atoms. The quantitative estimate of drug-likeness (QED) is 0.265. The minimum absolute atomic E-state index is 0.545. The van der Waals surface area contributed by atoms with E-state index in [9.17, 15) is 4.79 Å². The fourth-order valence-electron chi connectivity index (χ4n) is 3.09. The minimum atomic E-state index is 0.545. The third kappa shape index (κ3) is 3.92. The van der Waals surface area contributed by atoms with Crippen LogP contribution in [0.25, 0.3) is 20.5 Å². The average Bonchev–Trinajstić information content (AvgIpc) is 3.12. The van der Waals surface area contributed by atoms with Crippen LogP contribution < -0.4 is 9.47 Å². The summed E-state index contributed by atoms with van der Waals surface area (Å²) < 4.78 is 13.1. The van der Waals surface area contributed by atoms with Crippen molar-refractivity contribution in [3.05, 3.63) is 84.4 Å². The van der Waals surface area contributed by atoms with Crippen molar-refractivity contribution in [2.45, 2.75) is 6.42 Å². The van der Waals surface area contributed by atoms with Gasteiger partial charge >= 0.3 is 0 Å². The van der Waals surface area contributed by atoms with Gasteiger partial charge in [-0.15, -0.1) is 11.3 Å². The van der Waals surface area contributed by atoms with Crippen LogP contribution in [-0.2, 0) is 0 Å². The van der Waals surface area contributed by atoms with Gasteiger partial charge in [-0.05, 0) is 24.3 Å². The smallest absolute Gasteiger partial charge is 0.150 e. The first kappa shape index (κ1) is 18.3. The highest BCUT2D eigenvalue weighted by Gasteiger charge is 2.17. The molecule has 0 atom stereocenters. The van der Waals surface area contributed by atoms with Crippen LogP contribution in [0.3, 0.4) is 0 Å². The second kappa shape index (κ2) is 8.72. The molecular formula is C24H20O3S. The topological polar surface area (TPSA) is 35.5 Å². The first-order chi connectivity index (χ1) is 13.9. The largest absolute Gasteiger partial charge is 0.493 e. The molecule has 1 heterocycles. The fraction of sp³-hybridized carbons (Fsp3) is 0.125. The summed E-state index contributed by atoms with van der Waals surface area (Å²) in [5.74, 6) is 1.71. The van der Waals surface area contributed by atoms with Crippen molar-refractivity contribution in [1.29, 1.82) is 0 Å². The van der Waals surface area contributed by atoms with E-state index in [1.54, 1.807) is 11.3 Å². The molecule has 0 aliphatic rings. The Morgan fingerprint density at radius 1 is 0.786 bits per heavy atom. The van der Waals surface area contributed by atoms with Gasteiger partial charge in [-0.25, -0.2) is 0 Å². The number of carbonyl (C=O) groups is 1. The number of fused-ring (bicyclic) bond motifs is 1. The van der Waals surface area contributed by atoms with E-state index in [1.165, 1.54) is 0 Å². The number of hydrogen-bond donors (Lipinski definition) is 0. The second-order valence-electron chi connectivity index (χ2n) is 6.33. The monoisotopic (exact) mass is 388 g/mol. The summed E-state index contributed by atoms with van der Waals surface area (Å²) in [7, 11) is 0. The van der Waals surface area contributed by atoms with E-state index >= 15 is 0 Å². The second-order valence-corrected chi connectivity index (χ2v) is 7.38. The van der Waals surface area contributed by atoms with E-state index in [0.29, 0.717) is 18.8 Å². The highest BCUT2D eigenvalue weighted by Crippen LogP contribution is 2.45. The van der Waals surface area contributed by atoms with Crippen LogP contribution in [0.2, 0.25) is 0 Å². The van der Waals surface area contributed by atoms with Crippen LogP contribution in [0, 0.1) is 0 Å². The molecule has 4 heteroatoms. The van der Waals surface area contributed by atoms with Gasteiger partial charge in [-0.2, -0.15) is 0 Å². The normalized spacial score (nSPS) is 10.7. The maximum atomic E-state index is 11.5. The number of rotatable bonds is 8. The van der Waals surface area contributed by atoms with Gasteiger partial charge < -0.3 is 9.47 Å². The van der Waals surface area contributed by atoms with Crippen LogP contribution in [0.1, 0.15) is 16.8 Å². The van der Waals surface area contributed by atoms with Gasteiger partial charge in [0.25, 0.3) is 0 Å². The van der Waals surface area contributed by atoms with Crippen LogP contribution in [0.5, 0.6) is 11.5 Å². The summed E-state index contributed by atoms with van der Waals surface area (Å²) in [5, 5.41) is 1.08. The van der Waals surface area contributed by atoms with E-state index in [1.807, 2.05) is 66.7 Å². The van der Waals surface area contributed by atoms with Gasteiger partial charge in [0.2, 0.25) is 0 Å². The minimum Gasteiger partial charge on any atom is -0.493 e. The van der Waals surface area contributed by atoms with Crippen LogP contribution in [-0.4, -0.2) is 19.5 Å². The molecule has 0 saturated heterocycles. The summed E-state index contributed by atoms with van der Waals surface area (Å²) in [4.78, 5) is 12.5. The van der Waals surface area contributed by atoms with Crippen molar-refractivity contribution in [1.82, 2.24) is 0 Å². The lowest BCUT2D eigenvalue weighted by atomic mass is 10.1. The number of aldehydes is 1. The number of carbonyl (C=O) groups excluding carboxylic acids is 1. The van der Waals surface area contributed by atoms with Crippen molar-refractivity contribution >= 4 is 27.7 Å². The Kier molecular flexibility index (Phi) is 5.69. The van der Waals surface area contributed by atoms with Crippen LogP contribution >= 0.6 is 11.3 Å². The summed E-state index contributed by atoms with van der Waals surface area (Å²) in [5.41, 5.74) is 1.58. The Labute approximate surface area is 168 Å². The van der Waals surface area contributed by atoms with E-state index in [4.69, 9.17) is 9.47 Å². The van der Waals surface area contributed by atoms with E-state index < -0.39 is 0 Å². The number of thiophene rings is 1. The zero-order valence-corrected chi connectivity index (χ0v) is 16.2. The molecule has 0 N–H and O–H groups in total. The van der Waals surface area contributed by atoms with Crippen molar-refractivity contribution in [2.24, 2.45) is 0 Å². The molecule has 3 aromatic carbocycles. The van der Waals surface area contributed by atoms with Gasteiger partial charge in [0.05, 0.1) is 18.1 Å². The lowest BCUT2D eigenvalue weighted by molar-refractivity contribution is 0.112. The average molecular weight is 388 g/mol. The Morgan fingerprint density at radius 2 is 1.50 bits per heavy atom. The maximum absolute atomic E-state index is 11.5. The van der Waals surface area contributed by atoms with E-state index in [0.717, 1.165) is 44.7 Å². The molecule has 140 valence electrons. The molecule has 0 aliphatic carbocycles. The molecule has 1 aromatic heterocycles. The third-order valence-corrected chi connectivity index (χ3v) is 5.61. The molecule has 0 spiro atoms. The van der Waals surface area contributed by atoms with Crippen molar-refractivity contribution in [3.63, 3.8) is 0 Å². The molecule has 28 heavy (non-hydrogen) atoms. The van der Waals surface area contributed by atoms with Crippen molar-refractivity contribution in [2.75, 3.05) is 13.2 Å². The molecule has 4 aromatic rings. The first-order valence-corrected chi connectivity index (χ1v) is 10.1. The molecule has 0 radical (unpaired) electrons. The molecular weight excluding hydrogens is 368 g/mol. The first-order valence-electron chi connectivity index (χ1n) is 9.23. The van der Waals surface area contributed by atoms with Gasteiger partial charge in [0.1, 0.15) is 11.5 Å². The maximum Gasteiger partial charge on any atom is 0.150 e. The fourth-order valence-corrected chi connectivity index (χ4v) is 4.28. The summed E-state index contributed by atoms with van der Waals surface area (Å²) >= 11 is 1.65. The number of ether oxygens (including phenoxy) is 2. The standard InChI is InChI=1S/C24H20O3S/c25-17-18-9-4-5-12-20(18)24-23(21-13-6-7-14-22(21)28-24)27-16-8-15-26-19-10-2-1-3-11-19/h1-7,9-14,17H,8,15-16H2. The lowest BCUT2D eigenvalue weighted by Gasteiger charge is -2.10. The van der Waals surface area contributed by atoms with Gasteiger partial charge in [-0.3, -0.25) is 4.79 Å². The Balaban J connectivity index is 1.53. The molecule has 4 rings (SSSR count). The number of hydrogen-bond acceptors (Lipinski definition) is 4. The van der Waals surface area contributed by atoms with Gasteiger partial charge in [0, 0.05) is 27.6 Å². The van der Waals surface area contributed by atoms with Crippen molar-refractivity contribution < 1.29 is 14.3 Å². The summed E-state index contributed by atoms with van der Waals surface area (Å²) in [6.07, 6.45) is 1.67. The zero-order valence-electron chi connectivity index (χ0n) is 15.3. The predicted molar refractivity (Wildman–Crippen MR) is 115 cm³/mol. The summed E-state index contributed by atoms with van der Waals surface area (Å²) in [6, 6.07) is 25.6. The van der Waals surface area contributed by atoms with E-state index in [-0.39, 0.29) is 0 Å².